The van der Waals surface area contributed by atoms with Gasteiger partial charge in [0.25, 0.3) is 0 Å². The fraction of sp³-hybridized carbons (Fsp3) is 0.0714. The van der Waals surface area contributed by atoms with Gasteiger partial charge in [-0.15, -0.1) is 12.4 Å². The van der Waals surface area contributed by atoms with Crippen LogP contribution in [0.15, 0.2) is 42.5 Å². The highest BCUT2D eigenvalue weighted by molar-refractivity contribution is 5.91. The second-order valence-corrected chi connectivity index (χ2v) is 3.82. The van der Waals surface area contributed by atoms with Crippen molar-refractivity contribution < 1.29 is 14.6 Å². The first kappa shape index (κ1) is 14.9. The number of para-hydroxylation sites is 1. The number of nitrogen functional groups attached to an aromatic ring is 1. The molecule has 0 spiro atoms. The van der Waals surface area contributed by atoms with Gasteiger partial charge in [-0.1, -0.05) is 24.3 Å². The Bertz CT molecular complexity index is 599. The molecule has 0 unspecified atom stereocenters. The number of benzene rings is 2. The summed E-state index contributed by atoms with van der Waals surface area (Å²) in [4.78, 5) is 11.4. The molecule has 100 valence electrons. The minimum atomic E-state index is -0.416. The third kappa shape index (κ3) is 2.98. The van der Waals surface area contributed by atoms with Crippen LogP contribution in [0.25, 0.3) is 11.1 Å². The fourth-order valence-corrected chi connectivity index (χ4v) is 1.73. The summed E-state index contributed by atoms with van der Waals surface area (Å²) < 4.78 is 4.65. The summed E-state index contributed by atoms with van der Waals surface area (Å²) in [6.07, 6.45) is 0. The number of anilines is 1. The molecular formula is C14H14ClNO3. The number of halogens is 1. The average Bonchev–Trinajstić information content (AvgIpc) is 2.41. The lowest BCUT2D eigenvalue weighted by Gasteiger charge is -2.08. The van der Waals surface area contributed by atoms with Crippen molar-refractivity contribution in [3.05, 3.63) is 48.0 Å². The molecule has 0 aromatic heterocycles. The van der Waals surface area contributed by atoms with Gasteiger partial charge in [-0.3, -0.25) is 0 Å². The molecule has 19 heavy (non-hydrogen) atoms. The minimum absolute atomic E-state index is 0. The Morgan fingerprint density at radius 2 is 1.89 bits per heavy atom. The Labute approximate surface area is 117 Å². The lowest BCUT2D eigenvalue weighted by molar-refractivity contribution is 0.0601. The largest absolute Gasteiger partial charge is 0.505 e. The van der Waals surface area contributed by atoms with E-state index in [0.717, 1.165) is 0 Å². The molecule has 0 aliphatic carbocycles. The maximum atomic E-state index is 11.4. The summed E-state index contributed by atoms with van der Waals surface area (Å²) in [5.74, 6) is -0.403. The van der Waals surface area contributed by atoms with Gasteiger partial charge in [0.2, 0.25) is 0 Å². The fourth-order valence-electron chi connectivity index (χ4n) is 1.73. The maximum absolute atomic E-state index is 11.4. The van der Waals surface area contributed by atoms with Gasteiger partial charge < -0.3 is 15.6 Å². The molecule has 0 fully saturated rings. The van der Waals surface area contributed by atoms with Crippen LogP contribution in [0.4, 0.5) is 5.69 Å². The van der Waals surface area contributed by atoms with Crippen LogP contribution in [0.3, 0.4) is 0 Å². The Balaban J connectivity index is 0.00000180. The summed E-state index contributed by atoms with van der Waals surface area (Å²) >= 11 is 0. The molecule has 0 aliphatic rings. The van der Waals surface area contributed by atoms with E-state index in [9.17, 15) is 9.90 Å². The smallest absolute Gasteiger partial charge is 0.337 e. The SMILES string of the molecule is COC(=O)c1cccc(-c2cccc(N)c2O)c1.Cl. The van der Waals surface area contributed by atoms with Crippen molar-refractivity contribution in [1.29, 1.82) is 0 Å². The highest BCUT2D eigenvalue weighted by Gasteiger charge is 2.10. The molecule has 0 amide bonds. The number of hydrogen-bond acceptors (Lipinski definition) is 4. The van der Waals surface area contributed by atoms with Crippen LogP contribution in [-0.2, 0) is 4.74 Å². The van der Waals surface area contributed by atoms with E-state index in [1.807, 2.05) is 0 Å². The molecule has 0 aliphatic heterocycles. The Hall–Kier alpha value is -2.20. The van der Waals surface area contributed by atoms with Crippen molar-refractivity contribution in [2.45, 2.75) is 0 Å². The number of nitrogens with two attached hydrogens (primary N) is 1. The van der Waals surface area contributed by atoms with Gasteiger partial charge in [-0.05, 0) is 23.8 Å². The number of phenols is 1. The highest BCUT2D eigenvalue weighted by Crippen LogP contribution is 2.33. The molecule has 2 aromatic rings. The van der Waals surface area contributed by atoms with E-state index in [-0.39, 0.29) is 18.2 Å². The molecule has 3 N–H and O–H groups in total. The van der Waals surface area contributed by atoms with Crippen LogP contribution >= 0.6 is 12.4 Å². The van der Waals surface area contributed by atoms with Gasteiger partial charge >= 0.3 is 5.97 Å². The van der Waals surface area contributed by atoms with Gasteiger partial charge in [0.15, 0.2) is 0 Å². The van der Waals surface area contributed by atoms with E-state index in [2.05, 4.69) is 4.74 Å². The average molecular weight is 280 g/mol. The molecule has 0 saturated carbocycles. The topological polar surface area (TPSA) is 72.5 Å². The number of esters is 1. The van der Waals surface area contributed by atoms with Crippen molar-refractivity contribution in [2.75, 3.05) is 12.8 Å². The van der Waals surface area contributed by atoms with Crippen molar-refractivity contribution >= 4 is 24.1 Å². The summed E-state index contributed by atoms with van der Waals surface area (Å²) in [7, 11) is 1.33. The zero-order chi connectivity index (χ0) is 13.1. The summed E-state index contributed by atoms with van der Waals surface area (Å²) in [5.41, 5.74) is 7.66. The predicted molar refractivity (Wildman–Crippen MR) is 76.5 cm³/mol. The normalized spacial score (nSPS) is 9.53. The van der Waals surface area contributed by atoms with Crippen LogP contribution in [0.2, 0.25) is 0 Å². The van der Waals surface area contributed by atoms with Gasteiger partial charge in [0.05, 0.1) is 18.4 Å². The number of ether oxygens (including phenoxy) is 1. The zero-order valence-electron chi connectivity index (χ0n) is 10.3. The molecule has 5 heteroatoms. The molecule has 2 rings (SSSR count). The van der Waals surface area contributed by atoms with Gasteiger partial charge in [-0.2, -0.15) is 0 Å². The summed E-state index contributed by atoms with van der Waals surface area (Å²) in [5, 5.41) is 9.90. The first-order chi connectivity index (χ1) is 8.63. The number of hydrogen-bond donors (Lipinski definition) is 2. The van der Waals surface area contributed by atoms with E-state index in [1.165, 1.54) is 7.11 Å². The molecule has 0 radical (unpaired) electrons. The molecule has 0 atom stereocenters. The lowest BCUT2D eigenvalue weighted by Crippen LogP contribution is -2.00. The maximum Gasteiger partial charge on any atom is 0.337 e. The van der Waals surface area contributed by atoms with E-state index >= 15 is 0 Å². The van der Waals surface area contributed by atoms with E-state index in [4.69, 9.17) is 5.73 Å². The Morgan fingerprint density at radius 3 is 2.58 bits per heavy atom. The quantitative estimate of drug-likeness (QED) is 0.504. The van der Waals surface area contributed by atoms with Crippen molar-refractivity contribution in [1.82, 2.24) is 0 Å². The monoisotopic (exact) mass is 279 g/mol. The van der Waals surface area contributed by atoms with Crippen LogP contribution in [0, 0.1) is 0 Å². The highest BCUT2D eigenvalue weighted by atomic mass is 35.5. The van der Waals surface area contributed by atoms with Crippen molar-refractivity contribution in [3.8, 4) is 16.9 Å². The van der Waals surface area contributed by atoms with Crippen LogP contribution in [0.5, 0.6) is 5.75 Å². The third-order valence-corrected chi connectivity index (χ3v) is 2.66. The van der Waals surface area contributed by atoms with Crippen LogP contribution in [0.1, 0.15) is 10.4 Å². The molecule has 2 aromatic carbocycles. The zero-order valence-corrected chi connectivity index (χ0v) is 11.1. The number of carbonyl (C=O) groups is 1. The summed E-state index contributed by atoms with van der Waals surface area (Å²) in [6.45, 7) is 0. The number of phenolic OH excluding ortho intramolecular Hbond substituents is 1. The molecule has 0 heterocycles. The molecule has 0 bridgehead atoms. The predicted octanol–water partition coefficient (Wildman–Crippen LogP) is 2.85. The standard InChI is InChI=1S/C14H13NO3.ClH/c1-18-14(17)10-5-2-4-9(8-10)11-6-3-7-12(15)13(11)16;/h2-8,16H,15H2,1H3;1H. The number of methoxy groups -OCH3 is 1. The molecule has 0 saturated heterocycles. The first-order valence-corrected chi connectivity index (χ1v) is 5.39. The second kappa shape index (κ2) is 6.11. The minimum Gasteiger partial charge on any atom is -0.505 e. The van der Waals surface area contributed by atoms with Crippen LogP contribution in [-0.4, -0.2) is 18.2 Å². The van der Waals surface area contributed by atoms with Crippen molar-refractivity contribution in [3.63, 3.8) is 0 Å². The Kier molecular flexibility index (Phi) is 4.78. The molecule has 4 nitrogen and oxygen atoms in total. The molecular weight excluding hydrogens is 266 g/mol. The lowest BCUT2D eigenvalue weighted by atomic mass is 10.0. The van der Waals surface area contributed by atoms with Crippen LogP contribution < -0.4 is 5.73 Å². The number of carbonyl (C=O) groups excluding carboxylic acids is 1. The van der Waals surface area contributed by atoms with E-state index in [1.54, 1.807) is 42.5 Å². The number of rotatable bonds is 2. The first-order valence-electron chi connectivity index (χ1n) is 5.39. The van der Waals surface area contributed by atoms with Gasteiger partial charge in [-0.25, -0.2) is 4.79 Å². The van der Waals surface area contributed by atoms with Gasteiger partial charge in [0.1, 0.15) is 5.75 Å². The second-order valence-electron chi connectivity index (χ2n) is 3.82. The van der Waals surface area contributed by atoms with Crippen molar-refractivity contribution in [2.24, 2.45) is 0 Å². The number of aromatic hydroxyl groups is 1. The van der Waals surface area contributed by atoms with E-state index < -0.39 is 5.97 Å². The third-order valence-electron chi connectivity index (χ3n) is 2.66. The Morgan fingerprint density at radius 1 is 1.21 bits per heavy atom. The van der Waals surface area contributed by atoms with Gasteiger partial charge in [0, 0.05) is 5.56 Å². The van der Waals surface area contributed by atoms with E-state index in [0.29, 0.717) is 22.4 Å². The summed E-state index contributed by atoms with van der Waals surface area (Å²) in [6, 6.07) is 11.9.